The number of hydrogen-bond acceptors (Lipinski definition) is 2. The molecule has 0 aliphatic carbocycles. The summed E-state index contributed by atoms with van der Waals surface area (Å²) in [5.74, 6) is 1.18. The van der Waals surface area contributed by atoms with Gasteiger partial charge in [-0.05, 0) is 48.8 Å². The molecule has 21 heavy (non-hydrogen) atoms. The van der Waals surface area contributed by atoms with Gasteiger partial charge in [-0.2, -0.15) is 0 Å². The van der Waals surface area contributed by atoms with E-state index in [2.05, 4.69) is 56.6 Å². The van der Waals surface area contributed by atoms with Crippen LogP contribution in [0.5, 0.6) is 0 Å². The summed E-state index contributed by atoms with van der Waals surface area (Å²) in [4.78, 5) is 6.80. The first-order chi connectivity index (χ1) is 9.82. The molecular weight excluding hydrogens is 280 g/mol. The lowest BCUT2D eigenvalue weighted by Gasteiger charge is -2.56. The predicted molar refractivity (Wildman–Crippen MR) is 91.4 cm³/mol. The normalized spacial score (nSPS) is 20.9. The van der Waals surface area contributed by atoms with Crippen molar-refractivity contribution in [2.75, 3.05) is 11.4 Å². The molecule has 1 aliphatic rings. The van der Waals surface area contributed by atoms with Gasteiger partial charge in [0.1, 0.15) is 5.15 Å². The standard InChI is InChI=1S/C18H23ClN2/c1-11(2)13-6-7-16(21-10-12(3)18(21,4)5)15-9-20-17(19)8-14(13)15/h6-9,11-12H,10H2,1-5H3/t12-/m0/s1. The summed E-state index contributed by atoms with van der Waals surface area (Å²) in [6.07, 6.45) is 1.93. The van der Waals surface area contributed by atoms with Crippen LogP contribution in [0.25, 0.3) is 10.8 Å². The molecule has 1 fully saturated rings. The third-order valence-corrected chi connectivity index (χ3v) is 5.36. The van der Waals surface area contributed by atoms with Gasteiger partial charge in [0, 0.05) is 29.4 Å². The van der Waals surface area contributed by atoms with E-state index in [0.717, 1.165) is 6.54 Å². The number of pyridine rings is 1. The van der Waals surface area contributed by atoms with E-state index in [4.69, 9.17) is 11.6 Å². The summed E-state index contributed by atoms with van der Waals surface area (Å²) in [7, 11) is 0. The third kappa shape index (κ3) is 2.20. The van der Waals surface area contributed by atoms with E-state index < -0.39 is 0 Å². The minimum atomic E-state index is 0.200. The van der Waals surface area contributed by atoms with Crippen molar-refractivity contribution < 1.29 is 0 Å². The summed E-state index contributed by atoms with van der Waals surface area (Å²) >= 11 is 6.13. The number of benzene rings is 1. The molecule has 3 rings (SSSR count). The molecule has 1 aliphatic heterocycles. The van der Waals surface area contributed by atoms with Gasteiger partial charge in [-0.1, -0.05) is 38.4 Å². The molecular formula is C18H23ClN2. The lowest BCUT2D eigenvalue weighted by Crippen LogP contribution is -2.63. The van der Waals surface area contributed by atoms with Crippen LogP contribution in [0.4, 0.5) is 5.69 Å². The van der Waals surface area contributed by atoms with Gasteiger partial charge < -0.3 is 4.90 Å². The van der Waals surface area contributed by atoms with Gasteiger partial charge in [0.2, 0.25) is 0 Å². The molecule has 1 atom stereocenters. The average Bonchev–Trinajstić information content (AvgIpc) is 2.43. The Morgan fingerprint density at radius 3 is 2.57 bits per heavy atom. The van der Waals surface area contributed by atoms with Crippen molar-refractivity contribution >= 4 is 28.1 Å². The molecule has 2 nitrogen and oxygen atoms in total. The quantitative estimate of drug-likeness (QED) is 0.705. The fourth-order valence-electron chi connectivity index (χ4n) is 3.25. The lowest BCUT2D eigenvalue weighted by atomic mass is 9.77. The molecule has 0 spiro atoms. The first-order valence-corrected chi connectivity index (χ1v) is 8.06. The first-order valence-electron chi connectivity index (χ1n) is 7.68. The van der Waals surface area contributed by atoms with Gasteiger partial charge in [-0.3, -0.25) is 0 Å². The number of anilines is 1. The highest BCUT2D eigenvalue weighted by molar-refractivity contribution is 6.30. The number of hydrogen-bond donors (Lipinski definition) is 0. The van der Waals surface area contributed by atoms with Crippen LogP contribution in [0.15, 0.2) is 24.4 Å². The summed E-state index contributed by atoms with van der Waals surface area (Å²) in [5.41, 5.74) is 2.82. The van der Waals surface area contributed by atoms with Crippen LogP contribution < -0.4 is 4.90 Å². The van der Waals surface area contributed by atoms with Crippen molar-refractivity contribution in [2.45, 2.75) is 46.1 Å². The average molecular weight is 303 g/mol. The Morgan fingerprint density at radius 2 is 2.00 bits per heavy atom. The molecule has 112 valence electrons. The number of aromatic nitrogens is 1. The number of nitrogens with zero attached hydrogens (tertiary/aromatic N) is 2. The van der Waals surface area contributed by atoms with E-state index in [0.29, 0.717) is 17.0 Å². The number of fused-ring (bicyclic) bond motifs is 1. The van der Waals surface area contributed by atoms with Crippen molar-refractivity contribution in [2.24, 2.45) is 5.92 Å². The maximum atomic E-state index is 6.13. The summed E-state index contributed by atoms with van der Waals surface area (Å²) in [6.45, 7) is 12.5. The molecule has 0 N–H and O–H groups in total. The van der Waals surface area contributed by atoms with Crippen molar-refractivity contribution in [1.82, 2.24) is 4.98 Å². The highest BCUT2D eigenvalue weighted by Gasteiger charge is 2.43. The highest BCUT2D eigenvalue weighted by atomic mass is 35.5. The van der Waals surface area contributed by atoms with Crippen LogP contribution in [-0.2, 0) is 0 Å². The van der Waals surface area contributed by atoms with E-state index in [9.17, 15) is 0 Å². The fraction of sp³-hybridized carbons (Fsp3) is 0.500. The summed E-state index contributed by atoms with van der Waals surface area (Å²) in [5, 5.41) is 3.02. The molecule has 1 aromatic carbocycles. The van der Waals surface area contributed by atoms with Gasteiger partial charge in [0.25, 0.3) is 0 Å². The molecule has 0 saturated carbocycles. The lowest BCUT2D eigenvalue weighted by molar-refractivity contribution is 0.219. The zero-order valence-electron chi connectivity index (χ0n) is 13.4. The molecule has 0 amide bonds. The Hall–Kier alpha value is -1.28. The topological polar surface area (TPSA) is 16.1 Å². The largest absolute Gasteiger partial charge is 0.365 e. The van der Waals surface area contributed by atoms with Crippen LogP contribution in [0.3, 0.4) is 0 Å². The number of rotatable bonds is 2. The van der Waals surface area contributed by atoms with E-state index in [1.807, 2.05) is 12.3 Å². The Bertz CT molecular complexity index is 691. The Balaban J connectivity index is 2.20. The SMILES string of the molecule is CC(C)c1ccc(N2C[C@H](C)C2(C)C)c2cnc(Cl)cc12. The Morgan fingerprint density at radius 1 is 1.29 bits per heavy atom. The predicted octanol–water partition coefficient (Wildman–Crippen LogP) is 5.25. The molecule has 1 aromatic heterocycles. The first kappa shape index (κ1) is 14.6. The van der Waals surface area contributed by atoms with Gasteiger partial charge in [-0.15, -0.1) is 0 Å². The number of halogens is 1. The van der Waals surface area contributed by atoms with Crippen LogP contribution in [0.2, 0.25) is 5.15 Å². The molecule has 0 unspecified atom stereocenters. The van der Waals surface area contributed by atoms with Crippen molar-refractivity contribution in [3.8, 4) is 0 Å². The van der Waals surface area contributed by atoms with E-state index in [1.54, 1.807) is 0 Å². The highest BCUT2D eigenvalue weighted by Crippen LogP contribution is 2.43. The van der Waals surface area contributed by atoms with Crippen molar-refractivity contribution in [3.63, 3.8) is 0 Å². The zero-order chi connectivity index (χ0) is 15.4. The second kappa shape index (κ2) is 4.88. The van der Waals surface area contributed by atoms with Crippen molar-refractivity contribution in [3.05, 3.63) is 35.1 Å². The maximum Gasteiger partial charge on any atom is 0.129 e. The van der Waals surface area contributed by atoms with Crippen LogP contribution in [0.1, 0.15) is 46.1 Å². The summed E-state index contributed by atoms with van der Waals surface area (Å²) in [6, 6.07) is 6.50. The van der Waals surface area contributed by atoms with Crippen LogP contribution in [0, 0.1) is 5.92 Å². The van der Waals surface area contributed by atoms with Crippen molar-refractivity contribution in [1.29, 1.82) is 0 Å². The second-order valence-corrected chi connectivity index (χ2v) is 7.43. The second-order valence-electron chi connectivity index (χ2n) is 7.05. The van der Waals surface area contributed by atoms with E-state index in [1.165, 1.54) is 22.0 Å². The smallest absolute Gasteiger partial charge is 0.129 e. The monoisotopic (exact) mass is 302 g/mol. The molecule has 3 heteroatoms. The maximum absolute atomic E-state index is 6.13. The molecule has 1 saturated heterocycles. The van der Waals surface area contributed by atoms with E-state index in [-0.39, 0.29) is 5.54 Å². The minimum absolute atomic E-state index is 0.200. The van der Waals surface area contributed by atoms with Gasteiger partial charge in [0.05, 0.1) is 0 Å². The minimum Gasteiger partial charge on any atom is -0.365 e. The van der Waals surface area contributed by atoms with Gasteiger partial charge in [0.15, 0.2) is 0 Å². The van der Waals surface area contributed by atoms with Crippen LogP contribution in [-0.4, -0.2) is 17.1 Å². The van der Waals surface area contributed by atoms with Gasteiger partial charge >= 0.3 is 0 Å². The fourth-order valence-corrected chi connectivity index (χ4v) is 3.41. The Labute approximate surface area is 132 Å². The molecule has 0 radical (unpaired) electrons. The molecule has 2 heterocycles. The Kier molecular flexibility index (Phi) is 3.40. The van der Waals surface area contributed by atoms with E-state index >= 15 is 0 Å². The summed E-state index contributed by atoms with van der Waals surface area (Å²) < 4.78 is 0. The molecule has 2 aromatic rings. The molecule has 0 bridgehead atoms. The van der Waals surface area contributed by atoms with Crippen LogP contribution >= 0.6 is 11.6 Å². The zero-order valence-corrected chi connectivity index (χ0v) is 14.2. The third-order valence-electron chi connectivity index (χ3n) is 5.15. The van der Waals surface area contributed by atoms with Gasteiger partial charge in [-0.25, -0.2) is 4.98 Å².